The van der Waals surface area contributed by atoms with Gasteiger partial charge in [0.1, 0.15) is 0 Å². The molecule has 7 heteroatoms. The molecular weight excluding hydrogens is 386 g/mol. The van der Waals surface area contributed by atoms with Crippen molar-refractivity contribution in [2.45, 2.75) is 24.2 Å². The normalized spacial score (nSPS) is 15.4. The topological polar surface area (TPSA) is 69.7 Å². The first-order valence-electron chi connectivity index (χ1n) is 9.73. The van der Waals surface area contributed by atoms with E-state index in [9.17, 15) is 13.2 Å². The molecule has 1 N–H and O–H groups in total. The second-order valence-electron chi connectivity index (χ2n) is 7.30. The van der Waals surface area contributed by atoms with E-state index in [2.05, 4.69) is 5.32 Å². The summed E-state index contributed by atoms with van der Waals surface area (Å²) in [4.78, 5) is 14.5. The van der Waals surface area contributed by atoms with Gasteiger partial charge in [-0.1, -0.05) is 24.6 Å². The van der Waals surface area contributed by atoms with E-state index in [-0.39, 0.29) is 10.8 Å². The van der Waals surface area contributed by atoms with Gasteiger partial charge in [-0.3, -0.25) is 4.79 Å². The Kier molecular flexibility index (Phi) is 6.71. The van der Waals surface area contributed by atoms with E-state index in [1.54, 1.807) is 24.3 Å². The van der Waals surface area contributed by atoms with Gasteiger partial charge in [-0.05, 0) is 54.8 Å². The van der Waals surface area contributed by atoms with Crippen molar-refractivity contribution >= 4 is 33.4 Å². The summed E-state index contributed by atoms with van der Waals surface area (Å²) in [7, 11) is 0.414. The zero-order chi connectivity index (χ0) is 20.9. The van der Waals surface area contributed by atoms with Crippen molar-refractivity contribution in [3.63, 3.8) is 0 Å². The van der Waals surface area contributed by atoms with Gasteiger partial charge in [0.05, 0.1) is 4.90 Å². The van der Waals surface area contributed by atoms with Gasteiger partial charge in [-0.2, -0.15) is 4.31 Å². The number of carbonyl (C=O) groups excluding carboxylic acids is 1. The van der Waals surface area contributed by atoms with Crippen molar-refractivity contribution in [2.75, 3.05) is 37.4 Å². The van der Waals surface area contributed by atoms with Crippen LogP contribution >= 0.6 is 0 Å². The Bertz CT molecular complexity index is 977. The van der Waals surface area contributed by atoms with Crippen LogP contribution in [-0.2, 0) is 14.8 Å². The molecule has 0 bridgehead atoms. The first-order chi connectivity index (χ1) is 13.9. The lowest BCUT2D eigenvalue weighted by Gasteiger charge is -2.26. The third-order valence-corrected chi connectivity index (χ3v) is 6.79. The summed E-state index contributed by atoms with van der Waals surface area (Å²) in [5.41, 5.74) is 2.45. The number of nitrogens with one attached hydrogen (secondary N) is 1. The van der Waals surface area contributed by atoms with Crippen LogP contribution in [0, 0.1) is 0 Å². The molecule has 1 fully saturated rings. The van der Waals surface area contributed by atoms with Crippen LogP contribution in [0.3, 0.4) is 0 Å². The van der Waals surface area contributed by atoms with E-state index in [1.807, 2.05) is 43.3 Å². The predicted octanol–water partition coefficient (Wildman–Crippen LogP) is 3.58. The summed E-state index contributed by atoms with van der Waals surface area (Å²) in [5, 5.41) is 2.74. The third kappa shape index (κ3) is 5.46. The quantitative estimate of drug-likeness (QED) is 0.735. The number of sulfonamides is 1. The molecule has 0 aromatic heterocycles. The summed E-state index contributed by atoms with van der Waals surface area (Å²) in [6.07, 6.45) is 6.00. The van der Waals surface area contributed by atoms with Crippen LogP contribution in [0.15, 0.2) is 59.5 Å². The highest BCUT2D eigenvalue weighted by atomic mass is 32.2. The van der Waals surface area contributed by atoms with Gasteiger partial charge < -0.3 is 10.2 Å². The Labute approximate surface area is 172 Å². The highest BCUT2D eigenvalue weighted by Gasteiger charge is 2.26. The van der Waals surface area contributed by atoms with Gasteiger partial charge in [-0.15, -0.1) is 0 Å². The molecule has 0 atom stereocenters. The van der Waals surface area contributed by atoms with Gasteiger partial charge in [0.25, 0.3) is 0 Å². The summed E-state index contributed by atoms with van der Waals surface area (Å²) in [6, 6.07) is 14.3. The summed E-state index contributed by atoms with van der Waals surface area (Å²) in [5.74, 6) is -0.311. The minimum absolute atomic E-state index is 0.209. The Balaban J connectivity index is 1.67. The van der Waals surface area contributed by atoms with Crippen LogP contribution in [0.25, 0.3) is 6.08 Å². The van der Waals surface area contributed by atoms with Crippen molar-refractivity contribution in [1.29, 1.82) is 0 Å². The second kappa shape index (κ2) is 9.24. The fourth-order valence-electron chi connectivity index (χ4n) is 3.23. The number of carbonyl (C=O) groups is 1. The smallest absolute Gasteiger partial charge is 0.248 e. The number of amides is 1. The Morgan fingerprint density at radius 3 is 2.38 bits per heavy atom. The molecule has 2 aromatic rings. The van der Waals surface area contributed by atoms with Crippen LogP contribution in [0.4, 0.5) is 11.4 Å². The monoisotopic (exact) mass is 413 g/mol. The molecule has 1 amide bonds. The highest BCUT2D eigenvalue weighted by molar-refractivity contribution is 7.89. The van der Waals surface area contributed by atoms with Crippen LogP contribution in [0.5, 0.6) is 0 Å². The maximum Gasteiger partial charge on any atom is 0.248 e. The molecule has 0 aliphatic carbocycles. The number of hydrogen-bond acceptors (Lipinski definition) is 4. The minimum Gasteiger partial charge on any atom is -0.378 e. The molecule has 1 saturated heterocycles. The number of piperidine rings is 1. The number of rotatable bonds is 6. The third-order valence-electron chi connectivity index (χ3n) is 4.89. The molecule has 0 radical (unpaired) electrons. The summed E-state index contributed by atoms with van der Waals surface area (Å²) >= 11 is 0. The Morgan fingerprint density at radius 1 is 1.03 bits per heavy atom. The Hall–Kier alpha value is -2.64. The molecule has 3 rings (SSSR count). The lowest BCUT2D eigenvalue weighted by atomic mass is 10.2. The van der Waals surface area contributed by atoms with Crippen LogP contribution < -0.4 is 10.2 Å². The fourth-order valence-corrected chi connectivity index (χ4v) is 4.79. The maximum atomic E-state index is 12.8. The van der Waals surface area contributed by atoms with E-state index >= 15 is 0 Å². The largest absolute Gasteiger partial charge is 0.378 e. The van der Waals surface area contributed by atoms with E-state index in [0.29, 0.717) is 18.8 Å². The molecule has 1 heterocycles. The van der Waals surface area contributed by atoms with Gasteiger partial charge in [0.2, 0.25) is 15.9 Å². The standard InChI is InChI=1S/C22H27N3O3S/c1-24(2)20-12-9-18(10-13-20)11-14-22(26)23-19-7-6-8-21(17-19)29(27,28)25-15-4-3-5-16-25/h6-14,17H,3-5,15-16H2,1-2H3,(H,23,26)/b14-11+. The molecule has 154 valence electrons. The molecule has 1 aliphatic heterocycles. The molecule has 29 heavy (non-hydrogen) atoms. The first kappa shape index (κ1) is 21.1. The van der Waals surface area contributed by atoms with Gasteiger partial charge in [0, 0.05) is 44.6 Å². The predicted molar refractivity (Wildman–Crippen MR) is 117 cm³/mol. The zero-order valence-electron chi connectivity index (χ0n) is 16.8. The van der Waals surface area contributed by atoms with Crippen molar-refractivity contribution in [3.8, 4) is 0 Å². The molecule has 2 aromatic carbocycles. The van der Waals surface area contributed by atoms with Gasteiger partial charge >= 0.3 is 0 Å². The van der Waals surface area contributed by atoms with Gasteiger partial charge in [-0.25, -0.2) is 8.42 Å². The molecule has 0 unspecified atom stereocenters. The summed E-state index contributed by atoms with van der Waals surface area (Å²) < 4.78 is 27.1. The van der Waals surface area contributed by atoms with Crippen LogP contribution in [0.2, 0.25) is 0 Å². The maximum absolute atomic E-state index is 12.8. The van der Waals surface area contributed by atoms with Crippen molar-refractivity contribution < 1.29 is 13.2 Å². The van der Waals surface area contributed by atoms with Gasteiger partial charge in [0.15, 0.2) is 0 Å². The number of anilines is 2. The molecule has 0 spiro atoms. The number of nitrogens with zero attached hydrogens (tertiary/aromatic N) is 2. The average molecular weight is 414 g/mol. The van der Waals surface area contributed by atoms with E-state index < -0.39 is 10.0 Å². The number of hydrogen-bond donors (Lipinski definition) is 1. The first-order valence-corrected chi connectivity index (χ1v) is 11.2. The zero-order valence-corrected chi connectivity index (χ0v) is 17.7. The van der Waals surface area contributed by atoms with E-state index in [1.165, 1.54) is 16.4 Å². The van der Waals surface area contributed by atoms with E-state index in [4.69, 9.17) is 0 Å². The molecular formula is C22H27N3O3S. The van der Waals surface area contributed by atoms with Crippen LogP contribution in [0.1, 0.15) is 24.8 Å². The van der Waals surface area contributed by atoms with Crippen LogP contribution in [-0.4, -0.2) is 45.8 Å². The second-order valence-corrected chi connectivity index (χ2v) is 9.24. The lowest BCUT2D eigenvalue weighted by Crippen LogP contribution is -2.35. The minimum atomic E-state index is -3.53. The Morgan fingerprint density at radius 2 is 1.72 bits per heavy atom. The fraction of sp³-hybridized carbons (Fsp3) is 0.318. The highest BCUT2D eigenvalue weighted by Crippen LogP contribution is 2.23. The molecule has 0 saturated carbocycles. The lowest BCUT2D eigenvalue weighted by molar-refractivity contribution is -0.111. The number of benzene rings is 2. The van der Waals surface area contributed by atoms with Crippen molar-refractivity contribution in [1.82, 2.24) is 4.31 Å². The average Bonchev–Trinajstić information content (AvgIpc) is 2.73. The summed E-state index contributed by atoms with van der Waals surface area (Å²) in [6.45, 7) is 1.10. The SMILES string of the molecule is CN(C)c1ccc(/C=C/C(=O)Nc2cccc(S(=O)(=O)N3CCCCC3)c2)cc1. The van der Waals surface area contributed by atoms with Crippen molar-refractivity contribution in [2.24, 2.45) is 0 Å². The van der Waals surface area contributed by atoms with E-state index in [0.717, 1.165) is 30.5 Å². The van der Waals surface area contributed by atoms with Crippen molar-refractivity contribution in [3.05, 3.63) is 60.2 Å². The molecule has 6 nitrogen and oxygen atoms in total. The molecule has 1 aliphatic rings.